The molecule has 144 valence electrons. The van der Waals surface area contributed by atoms with Crippen molar-refractivity contribution in [2.24, 2.45) is 0 Å². The number of carbonyl (C=O) groups excluding carboxylic acids is 2. The van der Waals surface area contributed by atoms with Crippen LogP contribution in [0, 0.1) is 6.92 Å². The molecule has 1 aliphatic heterocycles. The van der Waals surface area contributed by atoms with Crippen molar-refractivity contribution in [2.45, 2.75) is 13.0 Å². The van der Waals surface area contributed by atoms with Gasteiger partial charge in [0.25, 0.3) is 5.91 Å². The van der Waals surface area contributed by atoms with Gasteiger partial charge in [0.1, 0.15) is 23.1 Å². The summed E-state index contributed by atoms with van der Waals surface area (Å²) in [7, 11) is 0. The highest BCUT2D eigenvalue weighted by Crippen LogP contribution is 2.43. The molecular weight excluding hydrogens is 392 g/mol. The van der Waals surface area contributed by atoms with Crippen LogP contribution in [0.3, 0.4) is 0 Å². The number of hydrogen-bond acceptors (Lipinski definition) is 7. The van der Waals surface area contributed by atoms with E-state index >= 15 is 0 Å². The number of Topliss-reactive ketones (excluding diaryl/α,β-unsaturated/α-hetero) is 1. The minimum absolute atomic E-state index is 0.0369. The lowest BCUT2D eigenvalue weighted by molar-refractivity contribution is -0.117. The molecule has 1 unspecified atom stereocenters. The summed E-state index contributed by atoms with van der Waals surface area (Å²) >= 11 is 1.22. The Labute approximate surface area is 168 Å². The van der Waals surface area contributed by atoms with Gasteiger partial charge in [0, 0.05) is 17.0 Å². The fraction of sp³-hybridized carbons (Fsp3) is 0.0952. The first-order chi connectivity index (χ1) is 14.0. The molecule has 1 aliphatic rings. The second kappa shape index (κ2) is 6.46. The molecule has 7 nitrogen and oxygen atoms in total. The fourth-order valence-corrected chi connectivity index (χ4v) is 4.13. The van der Waals surface area contributed by atoms with Crippen molar-refractivity contribution >= 4 is 39.1 Å². The van der Waals surface area contributed by atoms with Gasteiger partial charge in [-0.2, -0.15) is 0 Å². The van der Waals surface area contributed by atoms with E-state index in [1.807, 2.05) is 12.1 Å². The van der Waals surface area contributed by atoms with E-state index in [4.69, 9.17) is 8.83 Å². The monoisotopic (exact) mass is 406 g/mol. The summed E-state index contributed by atoms with van der Waals surface area (Å²) in [5, 5.41) is 13.5. The molecule has 29 heavy (non-hydrogen) atoms. The molecule has 1 amide bonds. The molecule has 3 aromatic heterocycles. The highest BCUT2D eigenvalue weighted by Gasteiger charge is 2.47. The number of carbonyl (C=O) groups is 2. The van der Waals surface area contributed by atoms with Gasteiger partial charge in [-0.3, -0.25) is 14.5 Å². The number of hydrogen-bond donors (Lipinski definition) is 1. The summed E-state index contributed by atoms with van der Waals surface area (Å²) in [6.07, 6.45) is 1.55. The number of furan rings is 2. The molecule has 4 aromatic rings. The van der Waals surface area contributed by atoms with Crippen LogP contribution in [-0.4, -0.2) is 21.8 Å². The quantitative estimate of drug-likeness (QED) is 0.499. The Hall–Kier alpha value is -3.65. The molecule has 1 N–H and O–H groups in total. The molecule has 1 aromatic carbocycles. The van der Waals surface area contributed by atoms with E-state index < -0.39 is 23.5 Å². The number of rotatable bonds is 4. The van der Waals surface area contributed by atoms with Gasteiger partial charge < -0.3 is 13.9 Å². The first kappa shape index (κ1) is 17.4. The van der Waals surface area contributed by atoms with E-state index in [9.17, 15) is 14.7 Å². The molecule has 0 bridgehead atoms. The fourth-order valence-electron chi connectivity index (χ4n) is 3.47. The van der Waals surface area contributed by atoms with Gasteiger partial charge in [-0.1, -0.05) is 18.2 Å². The van der Waals surface area contributed by atoms with Crippen molar-refractivity contribution in [1.29, 1.82) is 0 Å². The molecule has 0 spiro atoms. The normalized spacial score (nSPS) is 16.9. The first-order valence-corrected chi connectivity index (χ1v) is 9.68. The number of fused-ring (bicyclic) bond motifs is 1. The Morgan fingerprint density at radius 2 is 2.03 bits per heavy atom. The zero-order valence-corrected chi connectivity index (χ0v) is 16.0. The zero-order chi connectivity index (χ0) is 20.1. The summed E-state index contributed by atoms with van der Waals surface area (Å²) in [6, 6.07) is 11.3. The average Bonchev–Trinajstić information content (AvgIpc) is 3.48. The third-order valence-electron chi connectivity index (χ3n) is 4.76. The number of ketones is 1. The molecule has 8 heteroatoms. The Morgan fingerprint density at radius 3 is 2.72 bits per heavy atom. The number of para-hydroxylation sites is 1. The second-order valence-corrected chi connectivity index (χ2v) is 7.45. The van der Waals surface area contributed by atoms with Crippen molar-refractivity contribution in [3.8, 4) is 0 Å². The maximum atomic E-state index is 13.3. The Morgan fingerprint density at radius 1 is 1.21 bits per heavy atom. The van der Waals surface area contributed by atoms with Gasteiger partial charge >= 0.3 is 0 Å². The predicted octanol–water partition coefficient (Wildman–Crippen LogP) is 4.57. The number of amides is 1. The van der Waals surface area contributed by atoms with E-state index in [0.717, 1.165) is 5.39 Å². The second-order valence-electron chi connectivity index (χ2n) is 6.58. The van der Waals surface area contributed by atoms with Crippen LogP contribution in [0.25, 0.3) is 11.0 Å². The van der Waals surface area contributed by atoms with Crippen LogP contribution in [-0.2, 0) is 4.79 Å². The number of aromatic nitrogens is 1. The molecule has 0 fully saturated rings. The molecule has 0 radical (unpaired) electrons. The Kier molecular flexibility index (Phi) is 3.88. The smallest absolute Gasteiger partial charge is 0.296 e. The lowest BCUT2D eigenvalue weighted by atomic mass is 10.00. The van der Waals surface area contributed by atoms with Gasteiger partial charge in [0.15, 0.2) is 16.7 Å². The van der Waals surface area contributed by atoms with Gasteiger partial charge in [-0.05, 0) is 31.2 Å². The van der Waals surface area contributed by atoms with Crippen molar-refractivity contribution in [3.63, 3.8) is 0 Å². The summed E-state index contributed by atoms with van der Waals surface area (Å²) in [5.41, 5.74) is 0.445. The minimum Gasteiger partial charge on any atom is -0.503 e. The summed E-state index contributed by atoms with van der Waals surface area (Å²) in [5.74, 6) is -0.911. The van der Waals surface area contributed by atoms with Crippen molar-refractivity contribution in [3.05, 3.63) is 82.7 Å². The first-order valence-electron chi connectivity index (χ1n) is 8.80. The Balaban J connectivity index is 1.66. The van der Waals surface area contributed by atoms with Crippen LogP contribution in [0.1, 0.15) is 28.1 Å². The third kappa shape index (κ3) is 2.68. The summed E-state index contributed by atoms with van der Waals surface area (Å²) in [4.78, 5) is 31.7. The van der Waals surface area contributed by atoms with Crippen LogP contribution in [0.4, 0.5) is 5.13 Å². The molecule has 1 atom stereocenters. The molecule has 0 saturated carbocycles. The van der Waals surface area contributed by atoms with Gasteiger partial charge in [0.2, 0.25) is 5.78 Å². The molecular formula is C21H14N2O5S. The van der Waals surface area contributed by atoms with Gasteiger partial charge in [-0.15, -0.1) is 11.3 Å². The highest BCUT2D eigenvalue weighted by molar-refractivity contribution is 7.13. The van der Waals surface area contributed by atoms with E-state index in [-0.39, 0.29) is 11.3 Å². The van der Waals surface area contributed by atoms with Crippen molar-refractivity contribution in [2.75, 3.05) is 4.90 Å². The van der Waals surface area contributed by atoms with E-state index in [1.54, 1.807) is 48.8 Å². The van der Waals surface area contributed by atoms with Crippen LogP contribution < -0.4 is 4.90 Å². The van der Waals surface area contributed by atoms with Crippen LogP contribution in [0.5, 0.6) is 0 Å². The van der Waals surface area contributed by atoms with Crippen LogP contribution >= 0.6 is 11.3 Å². The number of nitrogens with zero attached hydrogens (tertiary/aromatic N) is 2. The lowest BCUT2D eigenvalue weighted by Gasteiger charge is -2.21. The number of anilines is 1. The van der Waals surface area contributed by atoms with E-state index in [0.29, 0.717) is 22.2 Å². The van der Waals surface area contributed by atoms with E-state index in [2.05, 4.69) is 4.98 Å². The number of aliphatic hydroxyl groups is 1. The molecule has 0 saturated heterocycles. The molecule has 0 aliphatic carbocycles. The number of thiazole rings is 1. The van der Waals surface area contributed by atoms with Crippen molar-refractivity contribution in [1.82, 2.24) is 4.98 Å². The molecule has 4 heterocycles. The zero-order valence-electron chi connectivity index (χ0n) is 15.2. The summed E-state index contributed by atoms with van der Waals surface area (Å²) < 4.78 is 11.4. The molecule has 5 rings (SSSR count). The van der Waals surface area contributed by atoms with Crippen LogP contribution in [0.15, 0.2) is 74.2 Å². The number of benzene rings is 1. The SMILES string of the molecule is Cc1ccc(C2C(C(=O)c3cc4ccccc4o3)=C(O)C(=O)N2c2nccs2)o1. The standard InChI is InChI=1S/C21H14N2O5S/c1-11-6-7-14(27-11)17-16(19(25)20(26)23(17)21-22-8-9-29-21)18(24)15-10-12-4-2-3-5-13(12)28-15/h2-10,17,25H,1H3. The predicted molar refractivity (Wildman–Crippen MR) is 106 cm³/mol. The topological polar surface area (TPSA) is 96.8 Å². The maximum absolute atomic E-state index is 13.3. The summed E-state index contributed by atoms with van der Waals surface area (Å²) in [6.45, 7) is 1.76. The lowest BCUT2D eigenvalue weighted by Crippen LogP contribution is -2.30. The van der Waals surface area contributed by atoms with Crippen LogP contribution in [0.2, 0.25) is 0 Å². The van der Waals surface area contributed by atoms with Crippen molar-refractivity contribution < 1.29 is 23.5 Å². The van der Waals surface area contributed by atoms with E-state index in [1.165, 1.54) is 16.2 Å². The van der Waals surface area contributed by atoms with Gasteiger partial charge in [-0.25, -0.2) is 4.98 Å². The number of aryl methyl sites for hydroxylation is 1. The average molecular weight is 406 g/mol. The maximum Gasteiger partial charge on any atom is 0.296 e. The third-order valence-corrected chi connectivity index (χ3v) is 5.53. The van der Waals surface area contributed by atoms with Gasteiger partial charge in [0.05, 0.1) is 5.57 Å². The minimum atomic E-state index is -0.942. The largest absolute Gasteiger partial charge is 0.503 e. The highest BCUT2D eigenvalue weighted by atomic mass is 32.1. The Bertz CT molecular complexity index is 1250. The number of aliphatic hydroxyl groups excluding tert-OH is 1.